The first-order chi connectivity index (χ1) is 16.5. The molecule has 2 aromatic carbocycles. The number of carbonyl (C=O) groups is 4. The average molecular weight is 465 g/mol. The molecule has 2 atom stereocenters. The third-order valence-corrected chi connectivity index (χ3v) is 5.44. The Hall–Kier alpha value is -3.94. The second kappa shape index (κ2) is 12.3. The van der Waals surface area contributed by atoms with Crippen LogP contribution in [0.2, 0.25) is 0 Å². The predicted molar refractivity (Wildman–Crippen MR) is 125 cm³/mol. The highest BCUT2D eigenvalue weighted by atomic mass is 16.5. The monoisotopic (exact) mass is 464 g/mol. The van der Waals surface area contributed by atoms with E-state index in [1.54, 1.807) is 30.3 Å². The number of carbonyl (C=O) groups excluding carboxylic acids is 4. The van der Waals surface area contributed by atoms with Gasteiger partial charge in [-0.2, -0.15) is 0 Å². The first-order valence-electron chi connectivity index (χ1n) is 11.1. The van der Waals surface area contributed by atoms with Crippen LogP contribution >= 0.6 is 0 Å². The van der Waals surface area contributed by atoms with Gasteiger partial charge in [0.15, 0.2) is 5.78 Å². The van der Waals surface area contributed by atoms with E-state index in [9.17, 15) is 19.2 Å². The third kappa shape index (κ3) is 6.78. The molecule has 8 nitrogen and oxygen atoms in total. The summed E-state index contributed by atoms with van der Waals surface area (Å²) in [6, 6.07) is 15.8. The molecule has 0 unspecified atom stereocenters. The lowest BCUT2D eigenvalue weighted by molar-refractivity contribution is -0.155. The van der Waals surface area contributed by atoms with Crippen LogP contribution in [0.3, 0.4) is 0 Å². The minimum absolute atomic E-state index is 0.0441. The number of likely N-dealkylation sites (tertiary alicyclic amines) is 1. The van der Waals surface area contributed by atoms with Gasteiger partial charge in [-0.15, -0.1) is 0 Å². The van der Waals surface area contributed by atoms with Crippen molar-refractivity contribution in [3.63, 3.8) is 0 Å². The molecule has 2 amide bonds. The number of hydrogen-bond acceptors (Lipinski definition) is 6. The molecule has 0 saturated carbocycles. The van der Waals surface area contributed by atoms with Gasteiger partial charge in [0.25, 0.3) is 0 Å². The molecule has 1 fully saturated rings. The molecule has 8 heteroatoms. The number of rotatable bonds is 10. The van der Waals surface area contributed by atoms with Crippen molar-refractivity contribution >= 4 is 23.8 Å². The Morgan fingerprint density at radius 1 is 1.03 bits per heavy atom. The van der Waals surface area contributed by atoms with Crippen LogP contribution in [0.1, 0.15) is 35.2 Å². The second-order valence-corrected chi connectivity index (χ2v) is 7.86. The first kappa shape index (κ1) is 24.7. The lowest BCUT2D eigenvalue weighted by Crippen LogP contribution is -2.52. The summed E-state index contributed by atoms with van der Waals surface area (Å²) < 4.78 is 10.4. The number of Topliss-reactive ketones (excluding diaryl/α,β-unsaturated/α-hetero) is 1. The lowest BCUT2D eigenvalue weighted by Gasteiger charge is -2.28. The Morgan fingerprint density at radius 3 is 2.38 bits per heavy atom. The Bertz CT molecular complexity index is 1010. The quantitative estimate of drug-likeness (QED) is 0.329. The summed E-state index contributed by atoms with van der Waals surface area (Å²) in [5, 5.41) is 2.47. The summed E-state index contributed by atoms with van der Waals surface area (Å²) in [5.74, 6) is -1.36. The van der Waals surface area contributed by atoms with Gasteiger partial charge in [-0.1, -0.05) is 73.3 Å². The topological polar surface area (TPSA) is 102 Å². The summed E-state index contributed by atoms with van der Waals surface area (Å²) in [7, 11) is 0. The fraction of sp³-hybridized carbons (Fsp3) is 0.308. The van der Waals surface area contributed by atoms with E-state index in [0.29, 0.717) is 24.9 Å². The van der Waals surface area contributed by atoms with Gasteiger partial charge in [-0.05, 0) is 18.4 Å². The van der Waals surface area contributed by atoms with Crippen LogP contribution in [-0.4, -0.2) is 53.9 Å². The smallest absolute Gasteiger partial charge is 0.408 e. The van der Waals surface area contributed by atoms with Gasteiger partial charge in [0, 0.05) is 18.5 Å². The molecule has 1 aliphatic heterocycles. The molecule has 1 heterocycles. The number of hydrogen-bond donors (Lipinski definition) is 1. The predicted octanol–water partition coefficient (Wildman–Crippen LogP) is 3.27. The third-order valence-electron chi connectivity index (χ3n) is 5.44. The summed E-state index contributed by atoms with van der Waals surface area (Å²) >= 11 is 0. The van der Waals surface area contributed by atoms with Crippen molar-refractivity contribution in [1.82, 2.24) is 10.2 Å². The summed E-state index contributed by atoms with van der Waals surface area (Å²) in [4.78, 5) is 52.5. The molecule has 1 N–H and O–H groups in total. The highest BCUT2D eigenvalue weighted by molar-refractivity contribution is 6.01. The Labute approximate surface area is 198 Å². The number of nitrogens with zero attached hydrogens (tertiary/aromatic N) is 1. The van der Waals surface area contributed by atoms with Crippen LogP contribution in [0.4, 0.5) is 4.79 Å². The molecule has 34 heavy (non-hydrogen) atoms. The van der Waals surface area contributed by atoms with Crippen LogP contribution in [-0.2, 0) is 25.7 Å². The van der Waals surface area contributed by atoms with Crippen molar-refractivity contribution in [2.45, 2.75) is 38.0 Å². The maximum atomic E-state index is 13.4. The van der Waals surface area contributed by atoms with Crippen LogP contribution in [0, 0.1) is 0 Å². The van der Waals surface area contributed by atoms with Crippen molar-refractivity contribution in [1.29, 1.82) is 0 Å². The fourth-order valence-electron chi connectivity index (χ4n) is 3.75. The van der Waals surface area contributed by atoms with Gasteiger partial charge in [0.05, 0.1) is 0 Å². The summed E-state index contributed by atoms with van der Waals surface area (Å²) in [6.45, 7) is 3.86. The number of ether oxygens (including phenoxy) is 2. The molecule has 0 aliphatic carbocycles. The lowest BCUT2D eigenvalue weighted by atomic mass is 10.0. The first-order valence-corrected chi connectivity index (χ1v) is 11.1. The molecular weight excluding hydrogens is 436 g/mol. The van der Waals surface area contributed by atoms with E-state index in [1.807, 2.05) is 30.3 Å². The Morgan fingerprint density at radius 2 is 1.71 bits per heavy atom. The van der Waals surface area contributed by atoms with Crippen LogP contribution in [0.25, 0.3) is 0 Å². The normalized spacial score (nSPS) is 15.8. The largest absolute Gasteiger partial charge is 0.459 e. The molecule has 3 rings (SSSR count). The van der Waals surface area contributed by atoms with E-state index < -0.39 is 30.1 Å². The fourth-order valence-corrected chi connectivity index (χ4v) is 3.75. The van der Waals surface area contributed by atoms with Crippen molar-refractivity contribution in [2.24, 2.45) is 0 Å². The molecule has 0 radical (unpaired) electrons. The Kier molecular flexibility index (Phi) is 8.96. The van der Waals surface area contributed by atoms with Crippen LogP contribution in [0.5, 0.6) is 0 Å². The minimum atomic E-state index is -1.19. The molecule has 1 aliphatic rings. The zero-order valence-electron chi connectivity index (χ0n) is 18.9. The average Bonchev–Trinajstić information content (AvgIpc) is 3.36. The van der Waals surface area contributed by atoms with E-state index in [4.69, 9.17) is 9.47 Å². The van der Waals surface area contributed by atoms with E-state index in [-0.39, 0.29) is 25.4 Å². The maximum absolute atomic E-state index is 13.4. The van der Waals surface area contributed by atoms with Gasteiger partial charge < -0.3 is 19.7 Å². The van der Waals surface area contributed by atoms with Gasteiger partial charge >= 0.3 is 12.1 Å². The number of ketones is 1. The minimum Gasteiger partial charge on any atom is -0.459 e. The number of esters is 1. The van der Waals surface area contributed by atoms with Gasteiger partial charge in [-0.3, -0.25) is 9.59 Å². The molecule has 0 aromatic heterocycles. The molecule has 2 aromatic rings. The maximum Gasteiger partial charge on any atom is 0.408 e. The van der Waals surface area contributed by atoms with Crippen molar-refractivity contribution in [3.05, 3.63) is 84.4 Å². The number of nitrogens with one attached hydrogen (secondary N) is 1. The molecule has 1 saturated heterocycles. The Balaban J connectivity index is 1.70. The summed E-state index contributed by atoms with van der Waals surface area (Å²) in [6.07, 6.45) is 1.33. The van der Waals surface area contributed by atoms with E-state index in [0.717, 1.165) is 5.56 Å². The SMILES string of the molecule is C=CCOC(=O)N[C@@H](CC(=O)c1ccccc1)C(=O)N1CCC[C@H]1C(=O)OCc1ccccc1. The zero-order chi connectivity index (χ0) is 24.3. The standard InChI is InChI=1S/C26H28N2O6/c1-2-16-33-26(32)27-21(17-23(29)20-12-7-4-8-13-20)24(30)28-15-9-14-22(28)25(31)34-18-19-10-5-3-6-11-19/h2-8,10-13,21-22H,1,9,14-18H2,(H,27,32)/t21-,22-/m0/s1. The summed E-state index contributed by atoms with van der Waals surface area (Å²) in [5.41, 5.74) is 1.26. The van der Waals surface area contributed by atoms with Crippen molar-refractivity contribution < 1.29 is 28.7 Å². The van der Waals surface area contributed by atoms with Gasteiger partial charge in [0.1, 0.15) is 25.3 Å². The second-order valence-electron chi connectivity index (χ2n) is 7.86. The van der Waals surface area contributed by atoms with E-state index >= 15 is 0 Å². The van der Waals surface area contributed by atoms with Gasteiger partial charge in [0.2, 0.25) is 5.91 Å². The zero-order valence-corrected chi connectivity index (χ0v) is 18.9. The van der Waals surface area contributed by atoms with E-state index in [1.165, 1.54) is 11.0 Å². The van der Waals surface area contributed by atoms with Crippen LogP contribution in [0.15, 0.2) is 73.3 Å². The molecule has 0 bridgehead atoms. The molecule has 178 valence electrons. The number of amides is 2. The van der Waals surface area contributed by atoms with Gasteiger partial charge in [-0.25, -0.2) is 9.59 Å². The highest BCUT2D eigenvalue weighted by Crippen LogP contribution is 2.21. The number of benzene rings is 2. The van der Waals surface area contributed by atoms with Crippen LogP contribution < -0.4 is 5.32 Å². The van der Waals surface area contributed by atoms with E-state index in [2.05, 4.69) is 11.9 Å². The molecule has 0 spiro atoms. The number of alkyl carbamates (subject to hydrolysis) is 1. The molecular formula is C26H28N2O6. The van der Waals surface area contributed by atoms with Crippen molar-refractivity contribution in [3.8, 4) is 0 Å². The van der Waals surface area contributed by atoms with Crippen molar-refractivity contribution in [2.75, 3.05) is 13.2 Å². The highest BCUT2D eigenvalue weighted by Gasteiger charge is 2.39.